The lowest BCUT2D eigenvalue weighted by atomic mass is 10.4. The lowest BCUT2D eigenvalue weighted by Gasteiger charge is -1.99. The summed E-state index contributed by atoms with van der Waals surface area (Å²) in [6.45, 7) is 0. The molecule has 1 aromatic heterocycles. The molecular weight excluding hydrogens is 262 g/mol. The van der Waals surface area contributed by atoms with E-state index in [0.29, 0.717) is 0 Å². The SMILES string of the molecule is NNc1ncc(CSc2ccc(Cl)cc2)s1. The molecule has 3 N–H and O–H groups in total. The van der Waals surface area contributed by atoms with E-state index in [1.807, 2.05) is 30.5 Å². The van der Waals surface area contributed by atoms with E-state index in [9.17, 15) is 0 Å². The van der Waals surface area contributed by atoms with Gasteiger partial charge in [-0.1, -0.05) is 11.6 Å². The number of hydrogen-bond acceptors (Lipinski definition) is 5. The van der Waals surface area contributed by atoms with Gasteiger partial charge < -0.3 is 0 Å². The third kappa shape index (κ3) is 3.12. The predicted octanol–water partition coefficient (Wildman–Crippen LogP) is 3.37. The van der Waals surface area contributed by atoms with Crippen molar-refractivity contribution in [3.63, 3.8) is 0 Å². The van der Waals surface area contributed by atoms with Gasteiger partial charge in [-0.15, -0.1) is 23.1 Å². The van der Waals surface area contributed by atoms with E-state index >= 15 is 0 Å². The Bertz CT molecular complexity index is 455. The maximum Gasteiger partial charge on any atom is 0.197 e. The molecule has 0 bridgehead atoms. The van der Waals surface area contributed by atoms with Crippen LogP contribution in [0.15, 0.2) is 35.4 Å². The molecule has 3 nitrogen and oxygen atoms in total. The molecule has 0 unspecified atom stereocenters. The fourth-order valence-electron chi connectivity index (χ4n) is 1.13. The Hall–Kier alpha value is -0.750. The first-order chi connectivity index (χ1) is 7.78. The highest BCUT2D eigenvalue weighted by atomic mass is 35.5. The van der Waals surface area contributed by atoms with Crippen molar-refractivity contribution < 1.29 is 0 Å². The van der Waals surface area contributed by atoms with Crippen LogP contribution in [0.4, 0.5) is 5.13 Å². The fourth-order valence-corrected chi connectivity index (χ4v) is 2.89. The van der Waals surface area contributed by atoms with Crippen LogP contribution in [0.3, 0.4) is 0 Å². The number of nitrogens with zero attached hydrogens (tertiary/aromatic N) is 1. The average Bonchev–Trinajstić information content (AvgIpc) is 2.76. The highest BCUT2D eigenvalue weighted by Gasteiger charge is 2.01. The number of nitrogens with one attached hydrogen (secondary N) is 1. The number of hydrazine groups is 1. The first-order valence-electron chi connectivity index (χ1n) is 4.57. The van der Waals surface area contributed by atoms with Gasteiger partial charge in [0.25, 0.3) is 0 Å². The van der Waals surface area contributed by atoms with Gasteiger partial charge >= 0.3 is 0 Å². The molecule has 0 atom stereocenters. The molecule has 6 heteroatoms. The molecule has 0 amide bonds. The summed E-state index contributed by atoms with van der Waals surface area (Å²) in [5.41, 5.74) is 2.53. The summed E-state index contributed by atoms with van der Waals surface area (Å²) in [7, 11) is 0. The zero-order valence-electron chi connectivity index (χ0n) is 8.31. The number of anilines is 1. The van der Waals surface area contributed by atoms with E-state index in [4.69, 9.17) is 17.4 Å². The smallest absolute Gasteiger partial charge is 0.197 e. The Morgan fingerprint density at radius 2 is 2.12 bits per heavy atom. The Morgan fingerprint density at radius 3 is 2.75 bits per heavy atom. The van der Waals surface area contributed by atoms with Crippen molar-refractivity contribution in [1.29, 1.82) is 0 Å². The number of hydrogen-bond donors (Lipinski definition) is 2. The van der Waals surface area contributed by atoms with E-state index in [1.54, 1.807) is 23.1 Å². The van der Waals surface area contributed by atoms with Gasteiger partial charge in [0.2, 0.25) is 0 Å². The molecule has 0 aliphatic rings. The quantitative estimate of drug-likeness (QED) is 0.509. The lowest BCUT2D eigenvalue weighted by molar-refractivity contribution is 1.28. The van der Waals surface area contributed by atoms with E-state index < -0.39 is 0 Å². The van der Waals surface area contributed by atoms with Crippen molar-refractivity contribution in [2.45, 2.75) is 10.6 Å². The van der Waals surface area contributed by atoms with Crippen LogP contribution in [0.1, 0.15) is 4.88 Å². The Labute approximate surface area is 107 Å². The standard InChI is InChI=1S/C10H10ClN3S2/c11-7-1-3-8(4-2-7)15-6-9-5-13-10(14-12)16-9/h1-5H,6,12H2,(H,13,14). The van der Waals surface area contributed by atoms with E-state index in [-0.39, 0.29) is 0 Å². The monoisotopic (exact) mass is 271 g/mol. The van der Waals surface area contributed by atoms with Gasteiger partial charge in [-0.05, 0) is 24.3 Å². The minimum absolute atomic E-state index is 0.742. The maximum atomic E-state index is 5.81. The minimum atomic E-state index is 0.742. The molecule has 0 saturated heterocycles. The maximum absolute atomic E-state index is 5.81. The normalized spacial score (nSPS) is 10.4. The van der Waals surface area contributed by atoms with E-state index in [0.717, 1.165) is 15.9 Å². The number of nitrogens with two attached hydrogens (primary N) is 1. The number of thioether (sulfide) groups is 1. The van der Waals surface area contributed by atoms with Crippen molar-refractivity contribution in [2.75, 3.05) is 5.43 Å². The van der Waals surface area contributed by atoms with E-state index in [2.05, 4.69) is 10.4 Å². The summed E-state index contributed by atoms with van der Waals surface area (Å²) < 4.78 is 0. The first kappa shape index (κ1) is 11.7. The Morgan fingerprint density at radius 1 is 1.38 bits per heavy atom. The molecule has 84 valence electrons. The zero-order valence-corrected chi connectivity index (χ0v) is 10.7. The summed E-state index contributed by atoms with van der Waals surface area (Å²) >= 11 is 9.12. The van der Waals surface area contributed by atoms with Gasteiger partial charge in [0.05, 0.1) is 0 Å². The highest BCUT2D eigenvalue weighted by Crippen LogP contribution is 2.27. The second kappa shape index (κ2) is 5.54. The number of nitrogen functional groups attached to an aromatic ring is 1. The molecule has 0 spiro atoms. The van der Waals surface area contributed by atoms with Crippen molar-refractivity contribution in [1.82, 2.24) is 4.98 Å². The first-order valence-corrected chi connectivity index (χ1v) is 6.75. The number of aromatic nitrogens is 1. The average molecular weight is 272 g/mol. The number of benzene rings is 1. The lowest BCUT2D eigenvalue weighted by Crippen LogP contribution is -2.05. The Balaban J connectivity index is 1.94. The predicted molar refractivity (Wildman–Crippen MR) is 70.9 cm³/mol. The molecule has 0 aliphatic heterocycles. The molecule has 2 aromatic rings. The molecule has 1 heterocycles. The van der Waals surface area contributed by atoms with Crippen LogP contribution in [0.5, 0.6) is 0 Å². The van der Waals surface area contributed by atoms with Crippen LogP contribution >= 0.6 is 34.7 Å². The summed E-state index contributed by atoms with van der Waals surface area (Å²) in [6.07, 6.45) is 1.84. The van der Waals surface area contributed by atoms with Crippen molar-refractivity contribution >= 4 is 39.8 Å². The van der Waals surface area contributed by atoms with Crippen LogP contribution in [0.2, 0.25) is 5.02 Å². The molecule has 0 saturated carbocycles. The third-order valence-electron chi connectivity index (χ3n) is 1.87. The summed E-state index contributed by atoms with van der Waals surface area (Å²) in [4.78, 5) is 6.49. The van der Waals surface area contributed by atoms with Gasteiger partial charge in [0, 0.05) is 26.7 Å². The molecule has 16 heavy (non-hydrogen) atoms. The minimum Gasteiger partial charge on any atom is -0.300 e. The van der Waals surface area contributed by atoms with Gasteiger partial charge in [-0.3, -0.25) is 5.43 Å². The summed E-state index contributed by atoms with van der Waals surface area (Å²) in [6, 6.07) is 7.80. The second-order valence-corrected chi connectivity index (χ2v) is 5.62. The number of halogens is 1. The van der Waals surface area contributed by atoms with Gasteiger partial charge in [-0.2, -0.15) is 0 Å². The highest BCUT2D eigenvalue weighted by molar-refractivity contribution is 7.98. The molecule has 0 fully saturated rings. The van der Waals surface area contributed by atoms with Gasteiger partial charge in [0.1, 0.15) is 0 Å². The molecule has 2 rings (SSSR count). The Kier molecular flexibility index (Phi) is 4.06. The van der Waals surface area contributed by atoms with Crippen LogP contribution in [0.25, 0.3) is 0 Å². The van der Waals surface area contributed by atoms with Crippen molar-refractivity contribution in [3.05, 3.63) is 40.4 Å². The third-order valence-corrected chi connectivity index (χ3v) is 4.30. The topological polar surface area (TPSA) is 50.9 Å². The van der Waals surface area contributed by atoms with Crippen molar-refractivity contribution in [3.8, 4) is 0 Å². The second-order valence-electron chi connectivity index (χ2n) is 3.02. The molecule has 0 radical (unpaired) electrons. The largest absolute Gasteiger partial charge is 0.300 e. The van der Waals surface area contributed by atoms with Crippen LogP contribution in [-0.2, 0) is 5.75 Å². The van der Waals surface area contributed by atoms with Crippen molar-refractivity contribution in [2.24, 2.45) is 5.84 Å². The van der Waals surface area contributed by atoms with Gasteiger partial charge in [-0.25, -0.2) is 10.8 Å². The molecule has 1 aromatic carbocycles. The number of thiazole rings is 1. The van der Waals surface area contributed by atoms with Crippen LogP contribution in [0, 0.1) is 0 Å². The van der Waals surface area contributed by atoms with Crippen LogP contribution in [-0.4, -0.2) is 4.98 Å². The molecular formula is C10H10ClN3S2. The van der Waals surface area contributed by atoms with Crippen LogP contribution < -0.4 is 11.3 Å². The molecule has 0 aliphatic carbocycles. The van der Waals surface area contributed by atoms with Gasteiger partial charge in [0.15, 0.2) is 5.13 Å². The van der Waals surface area contributed by atoms with E-state index in [1.165, 1.54) is 9.77 Å². The number of rotatable bonds is 4. The summed E-state index contributed by atoms with van der Waals surface area (Å²) in [5, 5.41) is 1.50. The zero-order chi connectivity index (χ0) is 11.4. The summed E-state index contributed by atoms with van der Waals surface area (Å²) in [5.74, 6) is 6.15. The fraction of sp³-hybridized carbons (Fsp3) is 0.100.